The summed E-state index contributed by atoms with van der Waals surface area (Å²) in [6, 6.07) is 6.97. The lowest BCUT2D eigenvalue weighted by molar-refractivity contribution is 0.102. The van der Waals surface area contributed by atoms with Crippen LogP contribution in [0.3, 0.4) is 0 Å². The molecule has 1 heterocycles. The van der Waals surface area contributed by atoms with Crippen molar-refractivity contribution in [2.24, 2.45) is 0 Å². The first-order valence-electron chi connectivity index (χ1n) is 5.82. The largest absolute Gasteiger partial charge is 0.394 e. The molecule has 100 valence electrons. The van der Waals surface area contributed by atoms with E-state index in [-0.39, 0.29) is 12.5 Å². The summed E-state index contributed by atoms with van der Waals surface area (Å²) in [6.07, 6.45) is 0. The van der Waals surface area contributed by atoms with E-state index < -0.39 is 5.82 Å². The molecule has 0 radical (unpaired) electrons. The monoisotopic (exact) mass is 263 g/mol. The summed E-state index contributed by atoms with van der Waals surface area (Å²) < 4.78 is 14.3. The Hall–Kier alpha value is -2.21. The van der Waals surface area contributed by atoms with Crippen LogP contribution in [-0.2, 0) is 6.54 Å². The minimum atomic E-state index is -0.391. The topological polar surface area (TPSA) is 67.2 Å². The number of aromatic nitrogens is 2. The molecule has 2 rings (SSSR count). The van der Waals surface area contributed by atoms with Gasteiger partial charge in [0, 0.05) is 11.6 Å². The van der Waals surface area contributed by atoms with Gasteiger partial charge in [0.1, 0.15) is 11.6 Å². The summed E-state index contributed by atoms with van der Waals surface area (Å²) in [5, 5.41) is 15.7. The molecule has 6 heteroatoms. The molecule has 5 nitrogen and oxygen atoms in total. The normalized spacial score (nSPS) is 10.5. The average molecular weight is 263 g/mol. The maximum absolute atomic E-state index is 12.8. The molecule has 1 aromatic heterocycles. The van der Waals surface area contributed by atoms with Crippen molar-refractivity contribution in [2.75, 3.05) is 11.9 Å². The summed E-state index contributed by atoms with van der Waals surface area (Å²) in [4.78, 5) is 12.0. The van der Waals surface area contributed by atoms with Crippen molar-refractivity contribution in [3.63, 3.8) is 0 Å². The van der Waals surface area contributed by atoms with Crippen molar-refractivity contribution in [1.29, 1.82) is 0 Å². The molecule has 2 N–H and O–H groups in total. The number of rotatable bonds is 4. The third-order valence-electron chi connectivity index (χ3n) is 2.56. The zero-order chi connectivity index (χ0) is 13.8. The van der Waals surface area contributed by atoms with E-state index in [1.165, 1.54) is 28.9 Å². The second-order valence-electron chi connectivity index (χ2n) is 4.08. The number of carbonyl (C=O) groups excluding carboxylic acids is 1. The molecule has 2 aromatic rings. The second-order valence-corrected chi connectivity index (χ2v) is 4.08. The van der Waals surface area contributed by atoms with Crippen molar-refractivity contribution in [3.05, 3.63) is 47.4 Å². The number of aliphatic hydroxyl groups is 1. The van der Waals surface area contributed by atoms with Gasteiger partial charge in [0.2, 0.25) is 0 Å². The van der Waals surface area contributed by atoms with Crippen LogP contribution in [-0.4, -0.2) is 27.4 Å². The molecule has 1 amide bonds. The highest BCUT2D eigenvalue weighted by Crippen LogP contribution is 2.12. The molecule has 0 saturated carbocycles. The fourth-order valence-corrected chi connectivity index (χ4v) is 1.70. The predicted octanol–water partition coefficient (Wildman–Crippen LogP) is 1.58. The van der Waals surface area contributed by atoms with Crippen LogP contribution in [0.5, 0.6) is 0 Å². The highest BCUT2D eigenvalue weighted by molar-refractivity contribution is 6.03. The van der Waals surface area contributed by atoms with E-state index in [9.17, 15) is 9.18 Å². The Morgan fingerprint density at radius 2 is 2.11 bits per heavy atom. The summed E-state index contributed by atoms with van der Waals surface area (Å²) in [7, 11) is 0. The van der Waals surface area contributed by atoms with Crippen LogP contribution in [0.2, 0.25) is 0 Å². The lowest BCUT2D eigenvalue weighted by Crippen LogP contribution is -2.16. The number of amides is 1. The van der Waals surface area contributed by atoms with E-state index in [4.69, 9.17) is 5.11 Å². The van der Waals surface area contributed by atoms with Crippen LogP contribution in [0.25, 0.3) is 0 Å². The Morgan fingerprint density at radius 3 is 2.74 bits per heavy atom. The summed E-state index contributed by atoms with van der Waals surface area (Å²) >= 11 is 0. The van der Waals surface area contributed by atoms with Crippen LogP contribution in [0.15, 0.2) is 30.3 Å². The number of aryl methyl sites for hydroxylation is 1. The minimum Gasteiger partial charge on any atom is -0.394 e. The zero-order valence-corrected chi connectivity index (χ0v) is 10.4. The first-order valence-corrected chi connectivity index (χ1v) is 5.82. The zero-order valence-electron chi connectivity index (χ0n) is 10.4. The highest BCUT2D eigenvalue weighted by Gasteiger charge is 2.10. The quantitative estimate of drug-likeness (QED) is 0.880. The number of halogens is 1. The summed E-state index contributed by atoms with van der Waals surface area (Å²) in [5.41, 5.74) is 1.10. The van der Waals surface area contributed by atoms with E-state index in [0.717, 1.165) is 5.69 Å². The predicted molar refractivity (Wildman–Crippen MR) is 68.4 cm³/mol. The fourth-order valence-electron chi connectivity index (χ4n) is 1.70. The second kappa shape index (κ2) is 5.62. The van der Waals surface area contributed by atoms with E-state index in [1.54, 1.807) is 13.0 Å². The standard InChI is InChI=1S/C13H14FN3O2/c1-9-8-12(17(16-9)6-7-18)15-13(19)10-2-4-11(14)5-3-10/h2-5,8,18H,6-7H2,1H3,(H,15,19). The number of aliphatic hydroxyl groups excluding tert-OH is 1. The lowest BCUT2D eigenvalue weighted by atomic mass is 10.2. The smallest absolute Gasteiger partial charge is 0.256 e. The van der Waals surface area contributed by atoms with Crippen molar-refractivity contribution < 1.29 is 14.3 Å². The molecule has 0 bridgehead atoms. The minimum absolute atomic E-state index is 0.0689. The van der Waals surface area contributed by atoms with Crippen molar-refractivity contribution in [1.82, 2.24) is 9.78 Å². The maximum Gasteiger partial charge on any atom is 0.256 e. The number of carbonyl (C=O) groups is 1. The highest BCUT2D eigenvalue weighted by atomic mass is 19.1. The molecule has 0 unspecified atom stereocenters. The lowest BCUT2D eigenvalue weighted by Gasteiger charge is -2.07. The van der Waals surface area contributed by atoms with E-state index >= 15 is 0 Å². The van der Waals surface area contributed by atoms with E-state index in [1.807, 2.05) is 0 Å². The average Bonchev–Trinajstić information content (AvgIpc) is 2.71. The third-order valence-corrected chi connectivity index (χ3v) is 2.56. The van der Waals surface area contributed by atoms with Crippen LogP contribution in [0.1, 0.15) is 16.1 Å². The van der Waals surface area contributed by atoms with Crippen LogP contribution >= 0.6 is 0 Å². The number of hydrogen-bond donors (Lipinski definition) is 2. The third kappa shape index (κ3) is 3.17. The molecule has 0 spiro atoms. The van der Waals surface area contributed by atoms with E-state index in [2.05, 4.69) is 10.4 Å². The first-order chi connectivity index (χ1) is 9.10. The molecule has 0 aliphatic rings. The number of benzene rings is 1. The van der Waals surface area contributed by atoms with Crippen LogP contribution in [0.4, 0.5) is 10.2 Å². The van der Waals surface area contributed by atoms with Gasteiger partial charge in [-0.25, -0.2) is 9.07 Å². The molecule has 1 aromatic carbocycles. The van der Waals surface area contributed by atoms with Crippen molar-refractivity contribution in [2.45, 2.75) is 13.5 Å². The van der Waals surface area contributed by atoms with Gasteiger partial charge in [0.15, 0.2) is 0 Å². The van der Waals surface area contributed by atoms with Crippen molar-refractivity contribution >= 4 is 11.7 Å². The molecule has 0 atom stereocenters. The molecular formula is C13H14FN3O2. The van der Waals surface area contributed by atoms with Crippen molar-refractivity contribution in [3.8, 4) is 0 Å². The van der Waals surface area contributed by atoms with Gasteiger partial charge in [-0.1, -0.05) is 0 Å². The first kappa shape index (κ1) is 13.2. The van der Waals surface area contributed by atoms with Gasteiger partial charge < -0.3 is 10.4 Å². The molecule has 0 saturated heterocycles. The summed E-state index contributed by atoms with van der Waals surface area (Å²) in [6.45, 7) is 2.02. The van der Waals surface area contributed by atoms with Gasteiger partial charge in [0.05, 0.1) is 18.8 Å². The van der Waals surface area contributed by atoms with Gasteiger partial charge >= 0.3 is 0 Å². The van der Waals surface area contributed by atoms with Gasteiger partial charge in [-0.15, -0.1) is 0 Å². The number of nitrogens with one attached hydrogen (secondary N) is 1. The van der Waals surface area contributed by atoms with Crippen LogP contribution < -0.4 is 5.32 Å². The van der Waals surface area contributed by atoms with Gasteiger partial charge in [0.25, 0.3) is 5.91 Å². The molecule has 19 heavy (non-hydrogen) atoms. The number of hydrogen-bond acceptors (Lipinski definition) is 3. The van der Waals surface area contributed by atoms with Crippen LogP contribution in [0, 0.1) is 12.7 Å². The summed E-state index contributed by atoms with van der Waals surface area (Å²) in [5.74, 6) is -0.238. The number of nitrogens with zero attached hydrogens (tertiary/aromatic N) is 2. The number of anilines is 1. The Balaban J connectivity index is 2.16. The molecule has 0 fully saturated rings. The van der Waals surface area contributed by atoms with E-state index in [0.29, 0.717) is 17.9 Å². The Kier molecular flexibility index (Phi) is 3.91. The SMILES string of the molecule is Cc1cc(NC(=O)c2ccc(F)cc2)n(CCO)n1. The Labute approximate surface area is 109 Å². The molecule has 0 aliphatic heterocycles. The Morgan fingerprint density at radius 1 is 1.42 bits per heavy atom. The Bertz CT molecular complexity index is 578. The van der Waals surface area contributed by atoms with Gasteiger partial charge in [-0.2, -0.15) is 5.10 Å². The van der Waals surface area contributed by atoms with Gasteiger partial charge in [-0.05, 0) is 31.2 Å². The fraction of sp³-hybridized carbons (Fsp3) is 0.231. The maximum atomic E-state index is 12.8. The van der Waals surface area contributed by atoms with Gasteiger partial charge in [-0.3, -0.25) is 4.79 Å². The molecule has 0 aliphatic carbocycles. The molecular weight excluding hydrogens is 249 g/mol.